The summed E-state index contributed by atoms with van der Waals surface area (Å²) in [6.07, 6.45) is -0.839. The Balaban J connectivity index is 0.900. The second-order valence-electron chi connectivity index (χ2n) is 25.2. The van der Waals surface area contributed by atoms with Crippen molar-refractivity contribution in [2.45, 2.75) is 116 Å². The van der Waals surface area contributed by atoms with E-state index in [1.165, 1.54) is 39.4 Å². The van der Waals surface area contributed by atoms with Crippen LogP contribution in [0, 0.1) is 18.8 Å². The number of carbonyl (C=O) groups excluding carboxylic acids is 6. The molecular formula is C70H77N15O11S6. The van der Waals surface area contributed by atoms with Crippen LogP contribution in [0.25, 0.3) is 43.4 Å². The number of carboxylic acids is 1. The molecule has 7 aromatic heterocycles. The maximum absolute atomic E-state index is 15.6. The number of benzene rings is 2. The fourth-order valence-electron chi connectivity index (χ4n) is 12.7. The molecule has 26 nitrogen and oxygen atoms in total. The van der Waals surface area contributed by atoms with Gasteiger partial charge in [0.1, 0.15) is 100 Å². The number of aliphatic carboxylic acids is 1. The van der Waals surface area contributed by atoms with E-state index in [-0.39, 0.29) is 51.8 Å². The average molecular weight is 1500 g/mol. The second kappa shape index (κ2) is 32.7. The molecule has 9 heterocycles. The maximum atomic E-state index is 15.6. The van der Waals surface area contributed by atoms with Crippen molar-refractivity contribution in [2.24, 2.45) is 17.6 Å². The third kappa shape index (κ3) is 16.8. The molecule has 1 saturated heterocycles. The fourth-order valence-corrected chi connectivity index (χ4v) is 18.0. The van der Waals surface area contributed by atoms with Crippen LogP contribution >= 0.6 is 68.0 Å². The second-order valence-corrected chi connectivity index (χ2v) is 30.8. The number of aliphatic hydroxyl groups is 2. The summed E-state index contributed by atoms with van der Waals surface area (Å²) < 4.78 is 6.23. The van der Waals surface area contributed by atoms with E-state index in [1.54, 1.807) is 70.4 Å². The number of fused-ring (bicyclic) bond motifs is 16. The van der Waals surface area contributed by atoms with Crippen molar-refractivity contribution < 1.29 is 53.6 Å². The Bertz CT molecular complexity index is 4490. The largest absolute Gasteiger partial charge is 0.492 e. The number of thiazole rings is 6. The Morgan fingerprint density at radius 2 is 1.30 bits per heavy atom. The topological polar surface area (TPSA) is 364 Å². The van der Waals surface area contributed by atoms with Gasteiger partial charge in [-0.2, -0.15) is 0 Å². The van der Waals surface area contributed by atoms with Crippen molar-refractivity contribution in [1.29, 1.82) is 0 Å². The van der Waals surface area contributed by atoms with E-state index in [0.29, 0.717) is 102 Å². The highest BCUT2D eigenvalue weighted by Gasteiger charge is 2.46. The molecule has 2 aromatic carbocycles. The van der Waals surface area contributed by atoms with Gasteiger partial charge in [0.2, 0.25) is 11.8 Å². The molecule has 1 saturated carbocycles. The van der Waals surface area contributed by atoms with Crippen molar-refractivity contribution >= 4 is 109 Å². The quantitative estimate of drug-likeness (QED) is 0.0352. The van der Waals surface area contributed by atoms with Crippen LogP contribution in [0.2, 0.25) is 0 Å². The Hall–Kier alpha value is -8.70. The number of hydrogen-bond acceptors (Lipinski definition) is 25. The normalized spacial score (nSPS) is 20.7. The minimum Gasteiger partial charge on any atom is -0.492 e. The van der Waals surface area contributed by atoms with Crippen LogP contribution < -0.4 is 31.7 Å². The highest BCUT2D eigenvalue weighted by molar-refractivity contribution is 7.15. The molecule has 2 fully saturated rings. The lowest BCUT2D eigenvalue weighted by Crippen LogP contribution is -2.50. The number of carbonyl (C=O) groups is 7. The predicted molar refractivity (Wildman–Crippen MR) is 391 cm³/mol. The Kier molecular flexibility index (Phi) is 23.5. The Labute approximate surface area is 611 Å². The van der Waals surface area contributed by atoms with Crippen LogP contribution in [0.15, 0.2) is 93.6 Å². The van der Waals surface area contributed by atoms with E-state index in [4.69, 9.17) is 40.4 Å². The number of aliphatic hydroxyl groups excluding tert-OH is 2. The highest BCUT2D eigenvalue weighted by Crippen LogP contribution is 2.43. The summed E-state index contributed by atoms with van der Waals surface area (Å²) in [4.78, 5) is 138. The van der Waals surface area contributed by atoms with Gasteiger partial charge < -0.3 is 56.9 Å². The number of aromatic nitrogens is 7. The molecular weight excluding hydrogens is 1420 g/mol. The van der Waals surface area contributed by atoms with E-state index < -0.39 is 96.0 Å². The molecule has 534 valence electrons. The summed E-state index contributed by atoms with van der Waals surface area (Å²) in [5.41, 5.74) is 8.95. The first-order chi connectivity index (χ1) is 49.2. The number of ether oxygens (including phenoxy) is 1. The molecule has 9 N–H and O–H groups in total. The van der Waals surface area contributed by atoms with Crippen molar-refractivity contribution in [3.63, 3.8) is 0 Å². The zero-order valence-corrected chi connectivity index (χ0v) is 61.3. The molecule has 0 spiro atoms. The lowest BCUT2D eigenvalue weighted by Gasteiger charge is -2.29. The molecule has 3 aliphatic rings. The van der Waals surface area contributed by atoms with Crippen molar-refractivity contribution in [3.05, 3.63) is 147 Å². The van der Waals surface area contributed by atoms with E-state index in [0.717, 1.165) is 73.3 Å². The molecule has 6 amide bonds. The van der Waals surface area contributed by atoms with Gasteiger partial charge in [-0.3, -0.25) is 38.5 Å². The molecule has 7 atom stereocenters. The third-order valence-electron chi connectivity index (χ3n) is 18.6. The zero-order valence-electron chi connectivity index (χ0n) is 56.4. The standard InChI is InChI=1S/C70H77N15O11S6/c1-6-83(7-2)24-25-84(8-3)26-27-96-42-20-14-38(15-21-42)28-46-69(93)85-30-52(86)36(4)57(85)68-80-51(35-101-68)65-76-47(31-98-65)55-43(22-23-44(73-55)64-78-48(33-99-64)59(89)72-41-18-16-40(17-19-41)70(94)95)63-77-49(32-97-63)60(90)74-45(29-53(71)87)66-82-54(37(5)102-66)62(92)81-56(58(88)39-12-10-9-11-13-39)67-79-50(34-100-67)61(91)75-46/h9-15,20-23,31-36,40-41,45-46,52,56-58,86,88H,6-8,16-19,24-30H2,1-5H3,(H2,71,87)(H,72,89)(H,74,90)(H,75,91)(H,81,92)(H,94,95)/t36-,40?,41?,45-,46-,52-,56-,57-,58+/m0/s1. The number of hydrogen-bond donors (Lipinski definition) is 8. The van der Waals surface area contributed by atoms with Crippen molar-refractivity contribution in [1.82, 2.24) is 70.9 Å². The maximum Gasteiger partial charge on any atom is 0.306 e. The van der Waals surface area contributed by atoms with E-state index in [1.807, 2.05) is 36.6 Å². The Morgan fingerprint density at radius 1 is 0.667 bits per heavy atom. The molecule has 0 radical (unpaired) electrons. The number of aryl methyl sites for hydroxylation is 1. The highest BCUT2D eigenvalue weighted by atomic mass is 32.1. The lowest BCUT2D eigenvalue weighted by molar-refractivity contribution is -0.143. The first kappa shape index (κ1) is 73.1. The minimum absolute atomic E-state index is 0.0107. The number of nitrogens with one attached hydrogen (secondary N) is 4. The molecule has 102 heavy (non-hydrogen) atoms. The molecule has 0 unspecified atom stereocenters. The smallest absolute Gasteiger partial charge is 0.306 e. The van der Waals surface area contributed by atoms with E-state index in [9.17, 15) is 44.1 Å². The van der Waals surface area contributed by atoms with Gasteiger partial charge in [-0.15, -0.1) is 68.0 Å². The summed E-state index contributed by atoms with van der Waals surface area (Å²) in [7, 11) is 0. The summed E-state index contributed by atoms with van der Waals surface area (Å²) >= 11 is 6.98. The average Bonchev–Trinajstić information content (AvgIpc) is 1.61. The van der Waals surface area contributed by atoms with E-state index in [2.05, 4.69) is 56.8 Å². The summed E-state index contributed by atoms with van der Waals surface area (Å²) in [5, 5.41) is 55.5. The molecule has 9 aromatic rings. The van der Waals surface area contributed by atoms with Crippen LogP contribution in [0.3, 0.4) is 0 Å². The summed E-state index contributed by atoms with van der Waals surface area (Å²) in [6.45, 7) is 15.7. The number of likely N-dealkylation sites (N-methyl/N-ethyl adjacent to an activating group) is 2. The Morgan fingerprint density at radius 3 is 2.03 bits per heavy atom. The number of carboxylic acid groups (broad SMARTS) is 1. The minimum atomic E-state index is -1.42. The van der Waals surface area contributed by atoms with Gasteiger partial charge in [-0.1, -0.05) is 70.2 Å². The van der Waals surface area contributed by atoms with Crippen LogP contribution in [0.5, 0.6) is 5.75 Å². The first-order valence-electron chi connectivity index (χ1n) is 33.6. The number of amides is 6. The molecule has 12 rings (SSSR count). The zero-order chi connectivity index (χ0) is 71.9. The van der Waals surface area contributed by atoms with Crippen molar-refractivity contribution in [3.8, 4) is 49.1 Å². The molecule has 32 heteroatoms. The molecule has 2 aliphatic heterocycles. The lowest BCUT2D eigenvalue weighted by atomic mass is 9.86. The SMILES string of the molecule is CCN(CC)CCN(CC)CCOc1ccc(C[C@@H]2NC(=O)c3csc(n3)[C@H]([C@H](O)c3ccccc3)NC(=O)c3nc(sc3C)[C@H](CC(N)=O)NC(=O)c3csc(n3)-c3ccc(-c4nc(C(=O)NC5CCC(C(=O)O)CC5)cs4)nc3-c3csc(n3)-c3csc(n3)[C@@H]3[C@@H](C)[C@@H](O)CN3C2=O)cc1. The fraction of sp³-hybridized carbons (Fsp3) is 0.400. The van der Waals surface area contributed by atoms with Gasteiger partial charge >= 0.3 is 5.97 Å². The van der Waals surface area contributed by atoms with Gasteiger partial charge in [0, 0.05) is 81.9 Å². The first-order valence-corrected chi connectivity index (χ1v) is 38.8. The summed E-state index contributed by atoms with van der Waals surface area (Å²) in [5.74, 6) is -5.01. The van der Waals surface area contributed by atoms with Crippen LogP contribution in [0.4, 0.5) is 0 Å². The molecule has 10 bridgehead atoms. The number of nitrogens with two attached hydrogens (primary N) is 1. The van der Waals surface area contributed by atoms with Gasteiger partial charge in [-0.25, -0.2) is 34.9 Å². The number of rotatable bonds is 20. The van der Waals surface area contributed by atoms with Gasteiger partial charge in [0.15, 0.2) is 0 Å². The van der Waals surface area contributed by atoms with Gasteiger partial charge in [0.25, 0.3) is 23.6 Å². The van der Waals surface area contributed by atoms with Crippen LogP contribution in [-0.4, -0.2) is 177 Å². The van der Waals surface area contributed by atoms with E-state index >= 15 is 4.79 Å². The van der Waals surface area contributed by atoms with Crippen LogP contribution in [0.1, 0.15) is 157 Å². The summed E-state index contributed by atoms with van der Waals surface area (Å²) in [6, 6.07) is 14.8. The number of nitrogens with zero attached hydrogens (tertiary/aromatic N) is 10. The van der Waals surface area contributed by atoms with Gasteiger partial charge in [-0.05, 0) is 87.6 Å². The van der Waals surface area contributed by atoms with Crippen LogP contribution in [-0.2, 0) is 20.8 Å². The number of pyridine rings is 1. The number of primary amides is 1. The van der Waals surface area contributed by atoms with Gasteiger partial charge in [0.05, 0.1) is 36.2 Å². The monoisotopic (exact) mass is 1500 g/mol. The molecule has 1 aliphatic carbocycles. The predicted octanol–water partition coefficient (Wildman–Crippen LogP) is 9.00. The third-order valence-corrected chi connectivity index (χ3v) is 24.1. The van der Waals surface area contributed by atoms with Crippen molar-refractivity contribution in [2.75, 3.05) is 52.4 Å².